The summed E-state index contributed by atoms with van der Waals surface area (Å²) in [5.41, 5.74) is 0.131. The van der Waals surface area contributed by atoms with E-state index in [9.17, 15) is 9.59 Å². The van der Waals surface area contributed by atoms with Gasteiger partial charge in [-0.3, -0.25) is 9.78 Å². The molecule has 2 rings (SSSR count). The lowest BCUT2D eigenvalue weighted by molar-refractivity contribution is -0.368. The monoisotopic (exact) mass is 508 g/mol. The number of ether oxygens (including phenoxy) is 6. The van der Waals surface area contributed by atoms with Gasteiger partial charge in [0.2, 0.25) is 0 Å². The fourth-order valence-corrected chi connectivity index (χ4v) is 2.55. The van der Waals surface area contributed by atoms with Crippen LogP contribution in [0.15, 0.2) is 36.4 Å². The van der Waals surface area contributed by atoms with Crippen LogP contribution in [-0.4, -0.2) is 66.8 Å². The van der Waals surface area contributed by atoms with E-state index in [0.29, 0.717) is 23.0 Å². The Morgan fingerprint density at radius 2 is 1.00 bits per heavy atom. The zero-order chi connectivity index (χ0) is 26.3. The predicted molar refractivity (Wildman–Crippen MR) is 122 cm³/mol. The molecular formula is C24H28O12. The Balaban J connectivity index is 2.04. The molecule has 12 nitrogen and oxygen atoms in total. The van der Waals surface area contributed by atoms with Crippen LogP contribution in [0.1, 0.15) is 20.7 Å². The van der Waals surface area contributed by atoms with E-state index in [1.807, 2.05) is 0 Å². The van der Waals surface area contributed by atoms with Gasteiger partial charge in [-0.15, -0.1) is 9.78 Å². The molecule has 0 unspecified atom stereocenters. The van der Waals surface area contributed by atoms with E-state index < -0.39 is 18.2 Å². The smallest absolute Gasteiger partial charge is 0.373 e. The molecule has 2 aromatic rings. The maximum absolute atomic E-state index is 12.5. The average molecular weight is 508 g/mol. The van der Waals surface area contributed by atoms with Gasteiger partial charge in [-0.1, -0.05) is 0 Å². The molecule has 0 aromatic heterocycles. The van der Waals surface area contributed by atoms with Gasteiger partial charge in [0.1, 0.15) is 29.6 Å². The van der Waals surface area contributed by atoms with Crippen molar-refractivity contribution in [2.24, 2.45) is 0 Å². The van der Waals surface area contributed by atoms with Crippen LogP contribution in [0.4, 0.5) is 0 Å². The summed E-state index contributed by atoms with van der Waals surface area (Å²) in [5, 5.41) is 0. The van der Waals surface area contributed by atoms with E-state index in [1.54, 1.807) is 12.1 Å². The Hall–Kier alpha value is -3.58. The highest BCUT2D eigenvalue weighted by molar-refractivity contribution is 5.90. The van der Waals surface area contributed by atoms with Crippen molar-refractivity contribution in [2.75, 3.05) is 54.9 Å². The van der Waals surface area contributed by atoms with Crippen molar-refractivity contribution < 1.29 is 57.6 Å². The van der Waals surface area contributed by atoms with Gasteiger partial charge in [0.25, 0.3) is 0 Å². The Morgan fingerprint density at radius 1 is 0.611 bits per heavy atom. The minimum absolute atomic E-state index is 0.0655. The average Bonchev–Trinajstić information content (AvgIpc) is 2.92. The molecule has 36 heavy (non-hydrogen) atoms. The van der Waals surface area contributed by atoms with Crippen molar-refractivity contribution in [3.05, 3.63) is 60.7 Å². The summed E-state index contributed by atoms with van der Waals surface area (Å²) in [6, 6.07) is 8.81. The molecular weight excluding hydrogens is 480 g/mol. The van der Waals surface area contributed by atoms with Gasteiger partial charge >= 0.3 is 18.2 Å². The maximum Gasteiger partial charge on any atom is 0.373 e. The number of hydrogen-bond acceptors (Lipinski definition) is 12. The van der Waals surface area contributed by atoms with Crippen molar-refractivity contribution in [1.82, 2.24) is 0 Å². The number of methoxy groups -OCH3 is 4. The molecule has 0 saturated heterocycles. The number of hydrogen-bond donors (Lipinski definition) is 0. The van der Waals surface area contributed by atoms with E-state index >= 15 is 0 Å². The molecule has 0 fully saturated rings. The third kappa shape index (κ3) is 9.23. The van der Waals surface area contributed by atoms with Crippen LogP contribution >= 0.6 is 0 Å². The second kappa shape index (κ2) is 15.4. The van der Waals surface area contributed by atoms with Gasteiger partial charge in [0.05, 0.1) is 52.8 Å². The van der Waals surface area contributed by atoms with Crippen LogP contribution in [0, 0.1) is 13.2 Å². The molecule has 0 saturated carbocycles. The van der Waals surface area contributed by atoms with Crippen molar-refractivity contribution in [3.8, 4) is 23.0 Å². The quantitative estimate of drug-likeness (QED) is 0.188. The highest BCUT2D eigenvalue weighted by Crippen LogP contribution is 2.25. The fourth-order valence-electron chi connectivity index (χ4n) is 2.55. The molecule has 0 spiro atoms. The second-order valence-electron chi connectivity index (χ2n) is 6.65. The first-order valence-electron chi connectivity index (χ1n) is 10.5. The van der Waals surface area contributed by atoms with Crippen molar-refractivity contribution in [2.45, 2.75) is 0 Å². The zero-order valence-corrected chi connectivity index (χ0v) is 20.4. The van der Waals surface area contributed by atoms with Gasteiger partial charge in [0, 0.05) is 18.7 Å². The highest BCUT2D eigenvalue weighted by atomic mass is 17.3. The third-order valence-electron chi connectivity index (χ3n) is 4.33. The molecule has 0 aliphatic heterocycles. The lowest BCUT2D eigenvalue weighted by Crippen LogP contribution is -2.21. The van der Waals surface area contributed by atoms with E-state index in [-0.39, 0.29) is 37.6 Å². The molecule has 0 amide bonds. The summed E-state index contributed by atoms with van der Waals surface area (Å²) >= 11 is 0. The Morgan fingerprint density at radius 3 is 1.36 bits per heavy atom. The molecule has 0 aliphatic carbocycles. The van der Waals surface area contributed by atoms with Gasteiger partial charge in [-0.25, -0.2) is 9.59 Å². The maximum atomic E-state index is 12.5. The second-order valence-corrected chi connectivity index (χ2v) is 6.65. The van der Waals surface area contributed by atoms with Crippen molar-refractivity contribution in [1.29, 1.82) is 0 Å². The van der Waals surface area contributed by atoms with Gasteiger partial charge in [-0.2, -0.15) is 0 Å². The van der Waals surface area contributed by atoms with Gasteiger partial charge in [0.15, 0.2) is 0 Å². The summed E-state index contributed by atoms with van der Waals surface area (Å²) < 4.78 is 30.9. The molecule has 0 aliphatic rings. The number of benzene rings is 2. The first-order chi connectivity index (χ1) is 17.4. The van der Waals surface area contributed by atoms with Crippen molar-refractivity contribution >= 4 is 11.9 Å². The van der Waals surface area contributed by atoms with Crippen LogP contribution in [0.5, 0.6) is 23.0 Å². The standard InChI is InChI=1S/C24H28O12/c1-6-31-7-8-32-15-22(33-35-23(25)16-9-18(27-2)13-19(10-16)28-3)34-36-24(26)17-11-20(29-4)14-21(12-17)30-5/h9-14H,1,6-8,15H2,2-5H3. The summed E-state index contributed by atoms with van der Waals surface area (Å²) in [5.74, 6) is -0.373. The number of rotatable bonds is 16. The first kappa shape index (κ1) is 28.7. The zero-order valence-electron chi connectivity index (χ0n) is 20.4. The Labute approximate surface area is 208 Å². The van der Waals surface area contributed by atoms with E-state index in [2.05, 4.69) is 6.92 Å². The SMILES string of the molecule is [CH2]COCCOC[C](OOC(=O)c1cc(OC)cc(OC)c1)OOC(=O)c1cc(OC)cc(OC)c1. The summed E-state index contributed by atoms with van der Waals surface area (Å²) in [6.07, 6.45) is -0.476. The molecule has 2 aromatic carbocycles. The lowest BCUT2D eigenvalue weighted by atomic mass is 10.2. The van der Waals surface area contributed by atoms with E-state index in [1.165, 1.54) is 52.7 Å². The first-order valence-corrected chi connectivity index (χ1v) is 10.5. The Bertz CT molecular complexity index is 862. The van der Waals surface area contributed by atoms with Gasteiger partial charge in [-0.05, 0) is 31.2 Å². The minimum Gasteiger partial charge on any atom is -0.497 e. The summed E-state index contributed by atoms with van der Waals surface area (Å²) in [7, 11) is 5.73. The lowest BCUT2D eigenvalue weighted by Gasteiger charge is -2.14. The van der Waals surface area contributed by atoms with Crippen LogP contribution < -0.4 is 18.9 Å². The normalized spacial score (nSPS) is 10.6. The summed E-state index contributed by atoms with van der Waals surface area (Å²) in [6.45, 7) is 3.82. The minimum atomic E-state index is -0.905. The topological polar surface area (TPSA) is 126 Å². The van der Waals surface area contributed by atoms with E-state index in [0.717, 1.165) is 0 Å². The highest BCUT2D eigenvalue weighted by Gasteiger charge is 2.23. The molecule has 0 heterocycles. The van der Waals surface area contributed by atoms with Gasteiger partial charge < -0.3 is 28.4 Å². The fraction of sp³-hybridized carbons (Fsp3) is 0.333. The molecule has 2 radical (unpaired) electrons. The van der Waals surface area contributed by atoms with Crippen LogP contribution in [0.25, 0.3) is 0 Å². The molecule has 0 atom stereocenters. The molecule has 0 N–H and O–H groups in total. The van der Waals surface area contributed by atoms with Crippen LogP contribution in [-0.2, 0) is 29.0 Å². The summed E-state index contributed by atoms with van der Waals surface area (Å²) in [4.78, 5) is 44.5. The van der Waals surface area contributed by atoms with Crippen LogP contribution in [0.2, 0.25) is 0 Å². The predicted octanol–water partition coefficient (Wildman–Crippen LogP) is 2.95. The van der Waals surface area contributed by atoms with E-state index in [4.69, 9.17) is 48.0 Å². The molecule has 0 bridgehead atoms. The third-order valence-corrected chi connectivity index (χ3v) is 4.33. The molecule has 12 heteroatoms. The largest absolute Gasteiger partial charge is 0.497 e. The number of carbonyl (C=O) groups excluding carboxylic acids is 2. The van der Waals surface area contributed by atoms with Crippen LogP contribution in [0.3, 0.4) is 0 Å². The Kier molecular flexibility index (Phi) is 12.3. The number of carbonyl (C=O) groups is 2. The van der Waals surface area contributed by atoms with Crippen molar-refractivity contribution in [3.63, 3.8) is 0 Å². The molecule has 196 valence electrons.